The lowest BCUT2D eigenvalue weighted by atomic mass is 9.93. The molecule has 3 heteroatoms. The first kappa shape index (κ1) is 13.6. The summed E-state index contributed by atoms with van der Waals surface area (Å²) in [6, 6.07) is 0. The van der Waals surface area contributed by atoms with E-state index >= 15 is 0 Å². The first-order chi connectivity index (χ1) is 7.09. The van der Waals surface area contributed by atoms with Gasteiger partial charge in [0.05, 0.1) is 5.69 Å². The second-order valence-electron chi connectivity index (χ2n) is 6.62. The number of nitrogens with zero attached hydrogens (tertiary/aromatic N) is 2. The van der Waals surface area contributed by atoms with E-state index in [1.807, 2.05) is 11.8 Å². The van der Waals surface area contributed by atoms with E-state index in [0.29, 0.717) is 5.41 Å². The van der Waals surface area contributed by atoms with E-state index in [-0.39, 0.29) is 5.41 Å². The van der Waals surface area contributed by atoms with E-state index < -0.39 is 0 Å². The van der Waals surface area contributed by atoms with Gasteiger partial charge in [0.2, 0.25) is 0 Å². The van der Waals surface area contributed by atoms with Gasteiger partial charge in [-0.1, -0.05) is 53.3 Å². The van der Waals surface area contributed by atoms with Crippen LogP contribution in [0, 0.1) is 5.41 Å². The summed E-state index contributed by atoms with van der Waals surface area (Å²) in [5.74, 6) is 1.10. The number of aromatic nitrogens is 2. The summed E-state index contributed by atoms with van der Waals surface area (Å²) in [4.78, 5) is 4.71. The molecule has 0 aromatic carbocycles. The highest BCUT2D eigenvalue weighted by atomic mass is 32.2. The minimum absolute atomic E-state index is 0.137. The topological polar surface area (TPSA) is 17.8 Å². The zero-order valence-electron chi connectivity index (χ0n) is 11.6. The predicted octanol–water partition coefficient (Wildman–Crippen LogP) is 3.86. The fourth-order valence-corrected chi connectivity index (χ4v) is 2.21. The van der Waals surface area contributed by atoms with Crippen LogP contribution in [-0.4, -0.2) is 15.3 Å². The molecule has 16 heavy (non-hydrogen) atoms. The van der Waals surface area contributed by atoms with Crippen molar-refractivity contribution in [3.63, 3.8) is 0 Å². The van der Waals surface area contributed by atoms with Crippen LogP contribution in [0.15, 0.2) is 11.4 Å². The van der Waals surface area contributed by atoms with Gasteiger partial charge in [0.25, 0.3) is 0 Å². The fourth-order valence-electron chi connectivity index (χ4n) is 1.23. The maximum atomic E-state index is 4.71. The van der Waals surface area contributed by atoms with Gasteiger partial charge in [0.1, 0.15) is 0 Å². The zero-order chi connectivity index (χ0) is 12.6. The van der Waals surface area contributed by atoms with E-state index in [0.717, 1.165) is 10.9 Å². The molecule has 0 aliphatic heterocycles. The van der Waals surface area contributed by atoms with Gasteiger partial charge in [-0.3, -0.25) is 0 Å². The minimum atomic E-state index is 0.137. The first-order valence-electron chi connectivity index (χ1n) is 5.76. The molecule has 1 aromatic rings. The van der Waals surface area contributed by atoms with Gasteiger partial charge in [0.15, 0.2) is 5.16 Å². The van der Waals surface area contributed by atoms with Crippen LogP contribution in [0.4, 0.5) is 0 Å². The molecule has 0 unspecified atom stereocenters. The summed E-state index contributed by atoms with van der Waals surface area (Å²) < 4.78 is 2.14. The minimum Gasteiger partial charge on any atom is -0.329 e. The van der Waals surface area contributed by atoms with Crippen LogP contribution in [0.5, 0.6) is 0 Å². The summed E-state index contributed by atoms with van der Waals surface area (Å²) in [5.41, 5.74) is 1.66. The summed E-state index contributed by atoms with van der Waals surface area (Å²) >= 11 is 1.84. The Labute approximate surface area is 104 Å². The second kappa shape index (κ2) is 4.44. The van der Waals surface area contributed by atoms with Crippen molar-refractivity contribution in [2.75, 3.05) is 5.75 Å². The molecule has 0 aliphatic carbocycles. The Morgan fingerprint density at radius 1 is 1.19 bits per heavy atom. The predicted molar refractivity (Wildman–Crippen MR) is 72.1 cm³/mol. The molecule has 1 rings (SSSR count). The third-order valence-electron chi connectivity index (χ3n) is 2.24. The Kier molecular flexibility index (Phi) is 3.78. The molecular formula is C13H24N2S. The van der Waals surface area contributed by atoms with E-state index in [2.05, 4.69) is 59.4 Å². The van der Waals surface area contributed by atoms with Gasteiger partial charge in [-0.15, -0.1) is 0 Å². The first-order valence-corrected chi connectivity index (χ1v) is 6.75. The monoisotopic (exact) mass is 240 g/mol. The van der Waals surface area contributed by atoms with Gasteiger partial charge in [0, 0.05) is 24.4 Å². The molecule has 1 heterocycles. The molecule has 0 bridgehead atoms. The maximum Gasteiger partial charge on any atom is 0.167 e. The molecule has 0 aliphatic rings. The molecule has 0 saturated carbocycles. The molecule has 1 aromatic heterocycles. The smallest absolute Gasteiger partial charge is 0.167 e. The van der Waals surface area contributed by atoms with E-state index in [1.54, 1.807) is 0 Å². The van der Waals surface area contributed by atoms with Crippen molar-refractivity contribution in [3.8, 4) is 0 Å². The Hall–Kier alpha value is -0.440. The third-order valence-corrected chi connectivity index (χ3v) is 3.88. The van der Waals surface area contributed by atoms with Crippen molar-refractivity contribution in [3.05, 3.63) is 11.9 Å². The molecule has 0 N–H and O–H groups in total. The number of thioether (sulfide) groups is 1. The highest BCUT2D eigenvalue weighted by molar-refractivity contribution is 7.99. The molecule has 2 nitrogen and oxygen atoms in total. The lowest BCUT2D eigenvalue weighted by Crippen LogP contribution is -2.11. The molecule has 0 saturated heterocycles. The Morgan fingerprint density at radius 2 is 1.75 bits per heavy atom. The summed E-state index contributed by atoms with van der Waals surface area (Å²) in [6.45, 7) is 13.4. The average Bonchev–Trinajstić information content (AvgIpc) is 2.41. The molecule has 0 fully saturated rings. The van der Waals surface area contributed by atoms with Crippen molar-refractivity contribution in [1.82, 2.24) is 9.55 Å². The molecule has 92 valence electrons. The third kappa shape index (κ3) is 3.85. The van der Waals surface area contributed by atoms with Gasteiger partial charge in [-0.25, -0.2) is 4.98 Å². The highest BCUT2D eigenvalue weighted by Crippen LogP contribution is 2.29. The van der Waals surface area contributed by atoms with Crippen molar-refractivity contribution in [2.45, 2.75) is 52.1 Å². The molecule has 0 spiro atoms. The van der Waals surface area contributed by atoms with Gasteiger partial charge in [-0.2, -0.15) is 0 Å². The molecule has 0 amide bonds. The second-order valence-corrected chi connectivity index (χ2v) is 7.56. The van der Waals surface area contributed by atoms with Crippen molar-refractivity contribution in [2.24, 2.45) is 12.5 Å². The standard InChI is InChI=1S/C13H24N2S/c1-12(2,3)9-16-11-14-10(8-15(11)7)13(4,5)6/h8H,9H2,1-7H3. The lowest BCUT2D eigenvalue weighted by molar-refractivity contribution is 0.480. The summed E-state index contributed by atoms with van der Waals surface area (Å²) in [5, 5.41) is 1.12. The lowest BCUT2D eigenvalue weighted by Gasteiger charge is -2.16. The Morgan fingerprint density at radius 3 is 2.12 bits per heavy atom. The van der Waals surface area contributed by atoms with E-state index in [1.165, 1.54) is 5.69 Å². The number of imidazole rings is 1. The summed E-state index contributed by atoms with van der Waals surface area (Å²) in [7, 11) is 2.08. The van der Waals surface area contributed by atoms with Crippen LogP contribution < -0.4 is 0 Å². The van der Waals surface area contributed by atoms with Crippen molar-refractivity contribution in [1.29, 1.82) is 0 Å². The van der Waals surface area contributed by atoms with Crippen LogP contribution in [0.1, 0.15) is 47.2 Å². The number of rotatable bonds is 2. The van der Waals surface area contributed by atoms with Crippen molar-refractivity contribution >= 4 is 11.8 Å². The Bertz CT molecular complexity index is 353. The van der Waals surface area contributed by atoms with Gasteiger partial charge in [-0.05, 0) is 5.41 Å². The van der Waals surface area contributed by atoms with Crippen molar-refractivity contribution < 1.29 is 0 Å². The highest BCUT2D eigenvalue weighted by Gasteiger charge is 2.20. The Balaban J connectivity index is 2.79. The van der Waals surface area contributed by atoms with E-state index in [4.69, 9.17) is 4.98 Å². The van der Waals surface area contributed by atoms with Crippen LogP contribution >= 0.6 is 11.8 Å². The normalized spacial score (nSPS) is 13.2. The molecule has 0 radical (unpaired) electrons. The van der Waals surface area contributed by atoms with Crippen LogP contribution in [-0.2, 0) is 12.5 Å². The van der Waals surface area contributed by atoms with Gasteiger partial charge < -0.3 is 4.57 Å². The van der Waals surface area contributed by atoms with E-state index in [9.17, 15) is 0 Å². The molecular weight excluding hydrogens is 216 g/mol. The van der Waals surface area contributed by atoms with Gasteiger partial charge >= 0.3 is 0 Å². The largest absolute Gasteiger partial charge is 0.329 e. The maximum absolute atomic E-state index is 4.71. The number of aryl methyl sites for hydroxylation is 1. The average molecular weight is 240 g/mol. The number of hydrogen-bond acceptors (Lipinski definition) is 2. The molecule has 0 atom stereocenters. The number of hydrogen-bond donors (Lipinski definition) is 0. The summed E-state index contributed by atoms with van der Waals surface area (Å²) in [6.07, 6.45) is 2.14. The van der Waals surface area contributed by atoms with Crippen LogP contribution in [0.3, 0.4) is 0 Å². The SMILES string of the molecule is Cn1cc(C(C)(C)C)nc1SCC(C)(C)C. The zero-order valence-corrected chi connectivity index (χ0v) is 12.4. The van der Waals surface area contributed by atoms with Crippen LogP contribution in [0.2, 0.25) is 0 Å². The fraction of sp³-hybridized carbons (Fsp3) is 0.769. The van der Waals surface area contributed by atoms with Crippen LogP contribution in [0.25, 0.3) is 0 Å². The quantitative estimate of drug-likeness (QED) is 0.731.